The topological polar surface area (TPSA) is 157 Å². The third kappa shape index (κ3) is 10.5. The van der Waals surface area contributed by atoms with Gasteiger partial charge in [-0.3, -0.25) is 9.59 Å². The Labute approximate surface area is 235 Å². The molecule has 0 saturated heterocycles. The fourth-order valence-electron chi connectivity index (χ4n) is 4.38. The Morgan fingerprint density at radius 2 is 1.82 bits per heavy atom. The number of ether oxygens (including phenoxy) is 3. The summed E-state index contributed by atoms with van der Waals surface area (Å²) < 4.78 is 16.9. The molecule has 0 spiro atoms. The lowest BCUT2D eigenvalue weighted by molar-refractivity contribution is -0.160. The molecule has 2 bridgehead atoms. The molecule has 2 amide bonds. The zero-order chi connectivity index (χ0) is 30.0. The van der Waals surface area contributed by atoms with Gasteiger partial charge in [0.15, 0.2) is 0 Å². The van der Waals surface area contributed by atoms with E-state index in [9.17, 15) is 24.6 Å². The SMILES string of the molecule is CO[C@@H]1/C=C/C=C(\C)Cc2cc(O)cc(c2)NC(=O)C[C@H](O)/C(C)=C/[C@H](C)[C@@H](OC(N)=O)C[C@@H]1OC(=O)C(C)C. The van der Waals surface area contributed by atoms with Crippen molar-refractivity contribution in [3.8, 4) is 5.75 Å². The van der Waals surface area contributed by atoms with Gasteiger partial charge in [0.05, 0.1) is 18.4 Å². The van der Waals surface area contributed by atoms with Crippen molar-refractivity contribution in [2.75, 3.05) is 12.4 Å². The molecule has 1 aliphatic heterocycles. The number of primary amides is 1. The van der Waals surface area contributed by atoms with Crippen molar-refractivity contribution in [1.82, 2.24) is 0 Å². The van der Waals surface area contributed by atoms with E-state index in [1.807, 2.05) is 13.0 Å². The van der Waals surface area contributed by atoms with Gasteiger partial charge < -0.3 is 35.5 Å². The minimum Gasteiger partial charge on any atom is -0.508 e. The number of rotatable bonds is 4. The smallest absolute Gasteiger partial charge is 0.404 e. The second-order valence-electron chi connectivity index (χ2n) is 10.5. The molecular weight excluding hydrogens is 516 g/mol. The van der Waals surface area contributed by atoms with Gasteiger partial charge in [-0.1, -0.05) is 50.6 Å². The molecule has 5 atom stereocenters. The van der Waals surface area contributed by atoms with Crippen LogP contribution in [0.1, 0.15) is 53.0 Å². The standard InChI is InChI=1S/C30H42N2O8/c1-17(2)29(36)39-27-16-26(40-30(31)37)20(5)11-19(4)24(34)15-28(35)32-22-12-21(13-23(33)14-22)10-18(3)8-7-9-25(27)38-6/h7-9,11-14,17,20,24-27,33-34H,10,15-16H2,1-6H3,(H2,31,37)(H,32,35)/b9-7+,18-8+,19-11+/t20-,24-,25+,26-,27-/m0/s1. The van der Waals surface area contributed by atoms with Crippen LogP contribution in [0.4, 0.5) is 10.5 Å². The second-order valence-corrected chi connectivity index (χ2v) is 10.5. The number of hydrogen-bond acceptors (Lipinski definition) is 8. The van der Waals surface area contributed by atoms with Crippen molar-refractivity contribution in [3.05, 3.63) is 59.2 Å². The normalized spacial score (nSPS) is 28.4. The van der Waals surface area contributed by atoms with Crippen LogP contribution in [0.5, 0.6) is 5.75 Å². The van der Waals surface area contributed by atoms with Gasteiger partial charge in [0, 0.05) is 31.2 Å². The zero-order valence-electron chi connectivity index (χ0n) is 24.0. The molecular formula is C30H42N2O8. The van der Waals surface area contributed by atoms with E-state index < -0.39 is 54.2 Å². The van der Waals surface area contributed by atoms with E-state index in [2.05, 4.69) is 5.32 Å². The number of aliphatic hydroxyl groups is 1. The minimum atomic E-state index is -1.12. The maximum atomic E-state index is 12.7. The number of amides is 2. The molecule has 0 aromatic heterocycles. The van der Waals surface area contributed by atoms with E-state index in [0.717, 1.165) is 11.1 Å². The fraction of sp³-hybridized carbons (Fsp3) is 0.500. The van der Waals surface area contributed by atoms with Crippen molar-refractivity contribution in [2.24, 2.45) is 17.6 Å². The first kappa shape index (κ1) is 32.6. The molecule has 5 N–H and O–H groups in total. The van der Waals surface area contributed by atoms with Gasteiger partial charge in [0.25, 0.3) is 0 Å². The number of nitrogens with two attached hydrogens (primary N) is 1. The number of allylic oxidation sites excluding steroid dienone is 3. The molecule has 0 fully saturated rings. The maximum absolute atomic E-state index is 12.7. The number of esters is 1. The highest BCUT2D eigenvalue weighted by atomic mass is 16.6. The lowest BCUT2D eigenvalue weighted by Crippen LogP contribution is -2.39. The van der Waals surface area contributed by atoms with Crippen LogP contribution >= 0.6 is 0 Å². The predicted molar refractivity (Wildman–Crippen MR) is 151 cm³/mol. The highest BCUT2D eigenvalue weighted by Gasteiger charge is 2.32. The number of carbonyl (C=O) groups is 3. The number of nitrogens with one attached hydrogen (secondary N) is 1. The Balaban J connectivity index is 2.56. The van der Waals surface area contributed by atoms with Crippen molar-refractivity contribution in [2.45, 2.75) is 78.3 Å². The molecule has 10 heteroatoms. The van der Waals surface area contributed by atoms with Gasteiger partial charge in [-0.15, -0.1) is 0 Å². The van der Waals surface area contributed by atoms with Crippen molar-refractivity contribution in [3.63, 3.8) is 0 Å². The van der Waals surface area contributed by atoms with Gasteiger partial charge in [-0.25, -0.2) is 4.79 Å². The van der Waals surface area contributed by atoms with Gasteiger partial charge in [-0.05, 0) is 43.5 Å². The van der Waals surface area contributed by atoms with Crippen LogP contribution in [-0.4, -0.2) is 59.7 Å². The Bertz CT molecular complexity index is 1140. The lowest BCUT2D eigenvalue weighted by atomic mass is 9.93. The van der Waals surface area contributed by atoms with Gasteiger partial charge >= 0.3 is 12.1 Å². The Morgan fingerprint density at radius 3 is 2.45 bits per heavy atom. The summed E-state index contributed by atoms with van der Waals surface area (Å²) >= 11 is 0. The van der Waals surface area contributed by atoms with Gasteiger partial charge in [-0.2, -0.15) is 0 Å². The van der Waals surface area contributed by atoms with E-state index in [0.29, 0.717) is 17.7 Å². The summed E-state index contributed by atoms with van der Waals surface area (Å²) in [6.07, 6.45) is 2.98. The molecule has 220 valence electrons. The molecule has 0 radical (unpaired) electrons. The first-order valence-electron chi connectivity index (χ1n) is 13.3. The Hall–Kier alpha value is -3.63. The summed E-state index contributed by atoms with van der Waals surface area (Å²) in [6, 6.07) is 4.81. The third-order valence-corrected chi connectivity index (χ3v) is 6.55. The van der Waals surface area contributed by atoms with Crippen LogP contribution in [0.2, 0.25) is 0 Å². The summed E-state index contributed by atoms with van der Waals surface area (Å²) in [4.78, 5) is 37.0. The molecule has 0 unspecified atom stereocenters. The largest absolute Gasteiger partial charge is 0.508 e. The molecule has 2 rings (SSSR count). The lowest BCUT2D eigenvalue weighted by Gasteiger charge is -2.30. The summed E-state index contributed by atoms with van der Waals surface area (Å²) in [5.41, 5.74) is 7.98. The number of phenols is 1. The number of benzene rings is 1. The van der Waals surface area contributed by atoms with Crippen molar-refractivity contribution < 1.29 is 38.8 Å². The van der Waals surface area contributed by atoms with Crippen LogP contribution in [0.25, 0.3) is 0 Å². The highest BCUT2D eigenvalue weighted by Crippen LogP contribution is 2.25. The van der Waals surface area contributed by atoms with Crippen molar-refractivity contribution in [1.29, 1.82) is 0 Å². The van der Waals surface area contributed by atoms with Gasteiger partial charge in [0.2, 0.25) is 5.91 Å². The van der Waals surface area contributed by atoms with Crippen LogP contribution < -0.4 is 11.1 Å². The van der Waals surface area contributed by atoms with Gasteiger partial charge in [0.1, 0.15) is 24.1 Å². The average molecular weight is 559 g/mol. The molecule has 0 aliphatic carbocycles. The number of methoxy groups -OCH3 is 1. The Morgan fingerprint density at radius 1 is 1.12 bits per heavy atom. The first-order valence-corrected chi connectivity index (χ1v) is 13.3. The quantitative estimate of drug-likeness (QED) is 0.317. The number of phenolic OH excluding ortho intramolecular Hbond substituents is 1. The average Bonchev–Trinajstić information content (AvgIpc) is 2.84. The van der Waals surface area contributed by atoms with Crippen LogP contribution in [0.15, 0.2) is 53.6 Å². The van der Waals surface area contributed by atoms with Crippen LogP contribution in [-0.2, 0) is 30.2 Å². The second kappa shape index (κ2) is 15.2. The monoisotopic (exact) mass is 558 g/mol. The molecule has 40 heavy (non-hydrogen) atoms. The number of carbonyl (C=O) groups excluding carboxylic acids is 3. The molecule has 0 saturated carbocycles. The molecule has 1 heterocycles. The highest BCUT2D eigenvalue weighted by molar-refractivity contribution is 5.91. The third-order valence-electron chi connectivity index (χ3n) is 6.55. The minimum absolute atomic E-state index is 0.00207. The Kier molecular flexibility index (Phi) is 12.4. The summed E-state index contributed by atoms with van der Waals surface area (Å²) in [5.74, 6) is -1.74. The number of fused-ring (bicyclic) bond motifs is 2. The molecule has 1 aromatic rings. The molecule has 1 aromatic carbocycles. The van der Waals surface area contributed by atoms with E-state index >= 15 is 0 Å². The van der Waals surface area contributed by atoms with E-state index in [-0.39, 0.29) is 18.6 Å². The molecule has 1 aliphatic rings. The summed E-state index contributed by atoms with van der Waals surface area (Å²) in [7, 11) is 1.49. The molecule has 10 nitrogen and oxygen atoms in total. The zero-order valence-corrected chi connectivity index (χ0v) is 24.0. The first-order chi connectivity index (χ1) is 18.8. The summed E-state index contributed by atoms with van der Waals surface area (Å²) in [5, 5.41) is 23.6. The van der Waals surface area contributed by atoms with Crippen molar-refractivity contribution >= 4 is 23.7 Å². The number of anilines is 1. The summed E-state index contributed by atoms with van der Waals surface area (Å²) in [6.45, 7) is 8.77. The predicted octanol–water partition coefficient (Wildman–Crippen LogP) is 4.16. The fourth-order valence-corrected chi connectivity index (χ4v) is 4.38. The number of aliphatic hydroxyl groups excluding tert-OH is 1. The maximum Gasteiger partial charge on any atom is 0.404 e. The van der Waals surface area contributed by atoms with E-state index in [1.54, 1.807) is 58.1 Å². The number of aromatic hydroxyl groups is 1. The van der Waals surface area contributed by atoms with E-state index in [1.165, 1.54) is 13.2 Å². The number of hydrogen-bond donors (Lipinski definition) is 4. The van der Waals surface area contributed by atoms with Crippen LogP contribution in [0.3, 0.4) is 0 Å². The van der Waals surface area contributed by atoms with Crippen LogP contribution in [0, 0.1) is 11.8 Å². The van der Waals surface area contributed by atoms with E-state index in [4.69, 9.17) is 19.9 Å².